The van der Waals surface area contributed by atoms with E-state index in [9.17, 15) is 14.4 Å². The molecule has 10 heteroatoms. The fraction of sp³-hybridized carbons (Fsp3) is 0.379. The summed E-state index contributed by atoms with van der Waals surface area (Å²) in [6, 6.07) is 13.9. The maximum atomic E-state index is 13.5. The zero-order valence-corrected chi connectivity index (χ0v) is 23.6. The molecule has 2 aromatic carbocycles. The van der Waals surface area contributed by atoms with Crippen molar-refractivity contribution in [2.75, 3.05) is 31.6 Å². The number of hydrogen-bond donors (Lipinski definition) is 2. The summed E-state index contributed by atoms with van der Waals surface area (Å²) in [5, 5.41) is 7.35. The van der Waals surface area contributed by atoms with E-state index in [-0.39, 0.29) is 24.9 Å². The van der Waals surface area contributed by atoms with Crippen molar-refractivity contribution >= 4 is 34.7 Å². The number of hydrazine groups is 1. The average molecular weight is 549 g/mol. The van der Waals surface area contributed by atoms with Gasteiger partial charge in [0.2, 0.25) is 5.91 Å². The number of rotatable bonds is 12. The molecule has 3 amide bonds. The highest BCUT2D eigenvalue weighted by atomic mass is 32.1. The van der Waals surface area contributed by atoms with Gasteiger partial charge in [0.15, 0.2) is 0 Å². The minimum atomic E-state index is -0.507. The number of likely N-dealkylation sites (N-methyl/N-ethyl adjacent to an activating group) is 1. The summed E-state index contributed by atoms with van der Waals surface area (Å²) in [7, 11) is 1.78. The summed E-state index contributed by atoms with van der Waals surface area (Å²) in [6.45, 7) is 6.14. The number of amides is 3. The summed E-state index contributed by atoms with van der Waals surface area (Å²) in [4.78, 5) is 44.4. The number of unbranched alkanes of at least 4 members (excludes halogenated alkanes) is 2. The monoisotopic (exact) mass is 548 g/mol. The Morgan fingerprint density at radius 2 is 1.79 bits per heavy atom. The summed E-state index contributed by atoms with van der Waals surface area (Å²) in [5.74, 6) is -0.729. The Morgan fingerprint density at radius 3 is 2.41 bits per heavy atom. The molecule has 3 N–H and O–H groups in total. The van der Waals surface area contributed by atoms with Gasteiger partial charge in [0.25, 0.3) is 11.8 Å². The van der Waals surface area contributed by atoms with Crippen LogP contribution < -0.4 is 16.0 Å². The molecule has 0 saturated heterocycles. The van der Waals surface area contributed by atoms with E-state index in [0.29, 0.717) is 29.5 Å². The third kappa shape index (κ3) is 7.01. The molecule has 2 heterocycles. The first-order valence-electron chi connectivity index (χ1n) is 13.2. The lowest BCUT2D eigenvalue weighted by molar-refractivity contribution is -0.145. The maximum Gasteiger partial charge on any atom is 0.260 e. The highest BCUT2D eigenvalue weighted by Gasteiger charge is 2.27. The van der Waals surface area contributed by atoms with E-state index in [1.54, 1.807) is 12.1 Å². The Kier molecular flexibility index (Phi) is 9.32. The van der Waals surface area contributed by atoms with Crippen molar-refractivity contribution in [3.05, 3.63) is 70.2 Å². The molecule has 1 aliphatic rings. The van der Waals surface area contributed by atoms with Crippen LogP contribution in [0.4, 0.5) is 5.69 Å². The molecule has 0 fully saturated rings. The number of carbonyl (C=O) groups is 3. The van der Waals surface area contributed by atoms with E-state index in [2.05, 4.69) is 29.4 Å². The van der Waals surface area contributed by atoms with Crippen molar-refractivity contribution in [1.29, 1.82) is 0 Å². The summed E-state index contributed by atoms with van der Waals surface area (Å²) < 4.78 is 0. The van der Waals surface area contributed by atoms with Gasteiger partial charge in [-0.3, -0.25) is 19.4 Å². The molecule has 206 valence electrons. The number of nitrogens with two attached hydrogens (primary N) is 1. The minimum absolute atomic E-state index is 0.0506. The number of aromatic nitrogens is 1. The van der Waals surface area contributed by atoms with Crippen LogP contribution in [0.15, 0.2) is 48.7 Å². The van der Waals surface area contributed by atoms with Crippen molar-refractivity contribution in [2.45, 2.75) is 46.2 Å². The molecule has 0 radical (unpaired) electrons. The molecule has 3 aromatic rings. The number of fused-ring (bicyclic) bond motifs is 1. The standard InChI is InChI=1S/C29H36N6O3S/c1-4-5-8-13-31-26(36)18-34(19-27(37)33(3)35-16-22-9-6-7-10-23(22)17-35)24-12-11-21(14-20(24)2)29-32-15-25(39-29)28(30)38/h6-7,9-12,14-15H,4-5,8,13,16-19H2,1-3H3,(H2,30,38)(H,31,36). The van der Waals surface area contributed by atoms with Crippen LogP contribution in [0.3, 0.4) is 0 Å². The molecule has 9 nitrogen and oxygen atoms in total. The number of benzene rings is 2. The van der Waals surface area contributed by atoms with E-state index in [0.717, 1.165) is 36.1 Å². The predicted molar refractivity (Wildman–Crippen MR) is 154 cm³/mol. The fourth-order valence-electron chi connectivity index (χ4n) is 4.67. The second-order valence-corrected chi connectivity index (χ2v) is 10.8. The van der Waals surface area contributed by atoms with Crippen molar-refractivity contribution in [1.82, 2.24) is 20.3 Å². The van der Waals surface area contributed by atoms with Crippen LogP contribution in [0.5, 0.6) is 0 Å². The highest BCUT2D eigenvalue weighted by molar-refractivity contribution is 7.16. The molecule has 1 aliphatic heterocycles. The lowest BCUT2D eigenvalue weighted by atomic mass is 10.1. The van der Waals surface area contributed by atoms with Gasteiger partial charge in [-0.05, 0) is 48.2 Å². The van der Waals surface area contributed by atoms with Crippen LogP contribution in [-0.2, 0) is 22.7 Å². The molecular weight excluding hydrogens is 512 g/mol. The molecule has 1 aromatic heterocycles. The number of hydrogen-bond acceptors (Lipinski definition) is 7. The number of aryl methyl sites for hydroxylation is 1. The molecule has 0 atom stereocenters. The normalized spacial score (nSPS) is 12.7. The predicted octanol–water partition coefficient (Wildman–Crippen LogP) is 3.72. The first kappa shape index (κ1) is 28.3. The molecule has 4 rings (SSSR count). The lowest BCUT2D eigenvalue weighted by Gasteiger charge is -2.32. The minimum Gasteiger partial charge on any atom is -0.365 e. The Labute approximate surface area is 233 Å². The van der Waals surface area contributed by atoms with Gasteiger partial charge in [-0.25, -0.2) is 9.99 Å². The van der Waals surface area contributed by atoms with E-state index < -0.39 is 5.91 Å². The molecule has 0 spiro atoms. The lowest BCUT2D eigenvalue weighted by Crippen LogP contribution is -2.48. The highest BCUT2D eigenvalue weighted by Crippen LogP contribution is 2.30. The summed E-state index contributed by atoms with van der Waals surface area (Å²) >= 11 is 1.23. The zero-order chi connectivity index (χ0) is 27.9. The van der Waals surface area contributed by atoms with Gasteiger partial charge in [0, 0.05) is 37.9 Å². The van der Waals surface area contributed by atoms with Crippen molar-refractivity contribution in [2.24, 2.45) is 5.73 Å². The van der Waals surface area contributed by atoms with Crippen LogP contribution in [-0.4, -0.2) is 59.4 Å². The van der Waals surface area contributed by atoms with Crippen molar-refractivity contribution in [3.63, 3.8) is 0 Å². The van der Waals surface area contributed by atoms with Gasteiger partial charge in [-0.15, -0.1) is 11.3 Å². The first-order valence-corrected chi connectivity index (χ1v) is 14.0. The van der Waals surface area contributed by atoms with Gasteiger partial charge in [0.1, 0.15) is 9.88 Å². The smallest absolute Gasteiger partial charge is 0.260 e. The van der Waals surface area contributed by atoms with Gasteiger partial charge < -0.3 is 16.0 Å². The number of primary amides is 1. The van der Waals surface area contributed by atoms with Crippen molar-refractivity contribution < 1.29 is 14.4 Å². The van der Waals surface area contributed by atoms with Crippen molar-refractivity contribution in [3.8, 4) is 10.6 Å². The van der Waals surface area contributed by atoms with Crippen LogP contribution in [0.25, 0.3) is 10.6 Å². The largest absolute Gasteiger partial charge is 0.365 e. The van der Waals surface area contributed by atoms with E-state index in [4.69, 9.17) is 5.73 Å². The summed E-state index contributed by atoms with van der Waals surface area (Å²) in [6.07, 6.45) is 4.54. The average Bonchev–Trinajstić information content (AvgIpc) is 3.58. The quantitative estimate of drug-likeness (QED) is 0.334. The second kappa shape index (κ2) is 12.9. The SMILES string of the molecule is CCCCCNC(=O)CN(CC(=O)N(C)N1Cc2ccccc2C1)c1ccc(-c2ncc(C(N)=O)s2)cc1C. The number of carbonyl (C=O) groups excluding carboxylic acids is 3. The number of thiazole rings is 1. The van der Waals surface area contributed by atoms with Gasteiger partial charge in [-0.1, -0.05) is 44.0 Å². The number of nitrogens with zero attached hydrogens (tertiary/aromatic N) is 4. The molecule has 0 unspecified atom stereocenters. The molecule has 0 saturated carbocycles. The molecule has 0 aliphatic carbocycles. The Hall–Kier alpha value is -3.76. The van der Waals surface area contributed by atoms with Crippen LogP contribution in [0, 0.1) is 6.92 Å². The third-order valence-electron chi connectivity index (χ3n) is 6.91. The van der Waals surface area contributed by atoms with Gasteiger partial charge >= 0.3 is 0 Å². The Bertz CT molecular complexity index is 1320. The van der Waals surface area contributed by atoms with E-state index in [1.165, 1.54) is 28.7 Å². The molecule has 0 bridgehead atoms. The van der Waals surface area contributed by atoms with Gasteiger partial charge in [-0.2, -0.15) is 0 Å². The second-order valence-electron chi connectivity index (χ2n) is 9.82. The van der Waals surface area contributed by atoms with Crippen LogP contribution >= 0.6 is 11.3 Å². The Balaban J connectivity index is 1.51. The maximum absolute atomic E-state index is 13.5. The van der Waals surface area contributed by atoms with Crippen LogP contribution in [0.1, 0.15) is 52.5 Å². The number of nitrogens with one attached hydrogen (secondary N) is 1. The number of anilines is 1. The van der Waals surface area contributed by atoms with E-state index >= 15 is 0 Å². The van der Waals surface area contributed by atoms with E-state index in [1.807, 2.05) is 47.2 Å². The first-order chi connectivity index (χ1) is 18.8. The van der Waals surface area contributed by atoms with Crippen LogP contribution in [0.2, 0.25) is 0 Å². The third-order valence-corrected chi connectivity index (χ3v) is 7.97. The fourth-order valence-corrected chi connectivity index (χ4v) is 5.44. The van der Waals surface area contributed by atoms with Gasteiger partial charge in [0.05, 0.1) is 19.3 Å². The Morgan fingerprint density at radius 1 is 1.08 bits per heavy atom. The topological polar surface area (TPSA) is 112 Å². The molecule has 39 heavy (non-hydrogen) atoms. The summed E-state index contributed by atoms with van der Waals surface area (Å²) in [5.41, 5.74) is 10.3. The zero-order valence-electron chi connectivity index (χ0n) is 22.8. The molecular formula is C29H36N6O3S.